The zero-order valence-electron chi connectivity index (χ0n) is 13.9. The highest BCUT2D eigenvalue weighted by Gasteiger charge is 2.22. The van der Waals surface area contributed by atoms with Gasteiger partial charge in [-0.1, -0.05) is 41.9 Å². The quantitative estimate of drug-likeness (QED) is 0.813. The Kier molecular flexibility index (Phi) is 5.98. The number of rotatable bonds is 6. The summed E-state index contributed by atoms with van der Waals surface area (Å²) in [5.41, 5.74) is 1.90. The van der Waals surface area contributed by atoms with Crippen LogP contribution in [-0.4, -0.2) is 34.8 Å². The van der Waals surface area contributed by atoms with E-state index in [0.29, 0.717) is 17.8 Å². The van der Waals surface area contributed by atoms with Gasteiger partial charge in [0.1, 0.15) is 5.15 Å². The number of halogens is 1. The van der Waals surface area contributed by atoms with Gasteiger partial charge in [-0.2, -0.15) is 5.10 Å². The number of carbonyl (C=O) groups is 2. The Morgan fingerprint density at radius 2 is 2.00 bits per heavy atom. The second-order valence-electron chi connectivity index (χ2n) is 5.55. The van der Waals surface area contributed by atoms with E-state index in [1.807, 2.05) is 30.3 Å². The monoisotopic (exact) mass is 349 g/mol. The summed E-state index contributed by atoms with van der Waals surface area (Å²) in [6.45, 7) is 3.94. The minimum Gasteiger partial charge on any atom is -0.469 e. The molecule has 0 aliphatic heterocycles. The first-order valence-corrected chi connectivity index (χ1v) is 7.94. The minimum absolute atomic E-state index is 0.0943. The molecule has 1 heterocycles. The van der Waals surface area contributed by atoms with Gasteiger partial charge in [0.25, 0.3) is 5.91 Å². The molecule has 24 heavy (non-hydrogen) atoms. The minimum atomic E-state index is -0.384. The first kappa shape index (κ1) is 18.0. The molecule has 1 amide bonds. The van der Waals surface area contributed by atoms with Gasteiger partial charge in [0.2, 0.25) is 0 Å². The van der Waals surface area contributed by atoms with Crippen molar-refractivity contribution in [3.63, 3.8) is 0 Å². The van der Waals surface area contributed by atoms with E-state index in [2.05, 4.69) is 15.2 Å². The molecule has 1 atom stereocenters. The molecule has 2 aromatic rings. The van der Waals surface area contributed by atoms with Gasteiger partial charge in [-0.25, -0.2) is 4.68 Å². The number of esters is 1. The maximum absolute atomic E-state index is 12.4. The molecule has 1 N–H and O–H groups in total. The molecule has 0 saturated carbocycles. The van der Waals surface area contributed by atoms with E-state index in [0.717, 1.165) is 5.56 Å². The van der Waals surface area contributed by atoms with E-state index in [4.69, 9.17) is 11.6 Å². The Labute approximate surface area is 145 Å². The molecule has 0 radical (unpaired) electrons. The molecule has 1 aromatic carbocycles. The van der Waals surface area contributed by atoms with E-state index < -0.39 is 0 Å². The first-order chi connectivity index (χ1) is 11.4. The summed E-state index contributed by atoms with van der Waals surface area (Å²) in [6, 6.07) is 9.36. The molecule has 2 rings (SSSR count). The van der Waals surface area contributed by atoms with E-state index in [9.17, 15) is 9.59 Å². The van der Waals surface area contributed by atoms with Gasteiger partial charge >= 0.3 is 5.97 Å². The number of nitrogens with zero attached hydrogens (tertiary/aromatic N) is 2. The van der Waals surface area contributed by atoms with E-state index in [1.165, 1.54) is 7.11 Å². The van der Waals surface area contributed by atoms with Gasteiger partial charge < -0.3 is 10.1 Å². The Morgan fingerprint density at radius 1 is 1.33 bits per heavy atom. The molecule has 0 aliphatic rings. The molecule has 128 valence electrons. The van der Waals surface area contributed by atoms with Gasteiger partial charge in [0.15, 0.2) is 0 Å². The van der Waals surface area contributed by atoms with Crippen LogP contribution < -0.4 is 5.32 Å². The highest BCUT2D eigenvalue weighted by Crippen LogP contribution is 2.21. The van der Waals surface area contributed by atoms with E-state index >= 15 is 0 Å². The standard InChI is InChI=1S/C17H20ClN3O3/c1-11(9-14(22)24-3)19-17(23)15-12(2)20-21(16(15)18)10-13-7-5-4-6-8-13/h4-8,11H,9-10H2,1-3H3,(H,19,23). The Hall–Kier alpha value is -2.34. The average Bonchev–Trinajstić information content (AvgIpc) is 2.82. The van der Waals surface area contributed by atoms with Crippen molar-refractivity contribution in [2.75, 3.05) is 7.11 Å². The summed E-state index contributed by atoms with van der Waals surface area (Å²) < 4.78 is 6.18. The topological polar surface area (TPSA) is 73.2 Å². The third-order valence-electron chi connectivity index (χ3n) is 3.55. The van der Waals surface area contributed by atoms with Crippen molar-refractivity contribution >= 4 is 23.5 Å². The second-order valence-corrected chi connectivity index (χ2v) is 5.91. The molecular formula is C17H20ClN3O3. The lowest BCUT2D eigenvalue weighted by molar-refractivity contribution is -0.141. The van der Waals surface area contributed by atoms with Crippen molar-refractivity contribution in [3.8, 4) is 0 Å². The summed E-state index contributed by atoms with van der Waals surface area (Å²) in [4.78, 5) is 23.7. The van der Waals surface area contributed by atoms with Gasteiger partial charge in [-0.15, -0.1) is 0 Å². The highest BCUT2D eigenvalue weighted by atomic mass is 35.5. The summed E-state index contributed by atoms with van der Waals surface area (Å²) in [5.74, 6) is -0.737. The fraction of sp³-hybridized carbons (Fsp3) is 0.353. The summed E-state index contributed by atoms with van der Waals surface area (Å²) >= 11 is 6.34. The molecule has 1 aromatic heterocycles. The number of hydrogen-bond donors (Lipinski definition) is 1. The van der Waals surface area contributed by atoms with E-state index in [1.54, 1.807) is 18.5 Å². The van der Waals surface area contributed by atoms with Crippen molar-refractivity contribution in [2.45, 2.75) is 32.9 Å². The van der Waals surface area contributed by atoms with Crippen LogP contribution in [0.4, 0.5) is 0 Å². The number of hydrogen-bond acceptors (Lipinski definition) is 4. The Balaban J connectivity index is 2.13. The predicted octanol–water partition coefficient (Wildman–Crippen LogP) is 2.57. The summed E-state index contributed by atoms with van der Waals surface area (Å²) in [5, 5.41) is 7.36. The van der Waals surface area contributed by atoms with Crippen molar-refractivity contribution in [3.05, 3.63) is 52.3 Å². The number of methoxy groups -OCH3 is 1. The van der Waals surface area contributed by atoms with E-state index in [-0.39, 0.29) is 29.5 Å². The van der Waals surface area contributed by atoms with Crippen molar-refractivity contribution in [1.82, 2.24) is 15.1 Å². The van der Waals surface area contributed by atoms with Gasteiger partial charge in [-0.05, 0) is 19.4 Å². The Morgan fingerprint density at radius 3 is 2.62 bits per heavy atom. The number of aryl methyl sites for hydroxylation is 1. The summed E-state index contributed by atoms with van der Waals surface area (Å²) in [6.07, 6.45) is 0.0943. The van der Waals surface area contributed by atoms with Crippen LogP contribution in [0.5, 0.6) is 0 Å². The highest BCUT2D eigenvalue weighted by molar-refractivity contribution is 6.33. The molecular weight excluding hydrogens is 330 g/mol. The zero-order chi connectivity index (χ0) is 17.7. The van der Waals surface area contributed by atoms with Crippen LogP contribution in [0.3, 0.4) is 0 Å². The van der Waals surface area contributed by atoms with Crippen molar-refractivity contribution in [2.24, 2.45) is 0 Å². The Bertz CT molecular complexity index is 728. The van der Waals surface area contributed by atoms with Crippen LogP contribution in [0.15, 0.2) is 30.3 Å². The zero-order valence-corrected chi connectivity index (χ0v) is 14.6. The number of carbonyl (C=O) groups excluding carboxylic acids is 2. The number of nitrogens with one attached hydrogen (secondary N) is 1. The molecule has 0 spiro atoms. The number of amides is 1. The van der Waals surface area contributed by atoms with Crippen molar-refractivity contribution < 1.29 is 14.3 Å². The molecule has 0 saturated heterocycles. The fourth-order valence-electron chi connectivity index (χ4n) is 2.35. The number of ether oxygens (including phenoxy) is 1. The first-order valence-electron chi connectivity index (χ1n) is 7.57. The third-order valence-corrected chi connectivity index (χ3v) is 3.93. The molecule has 0 aliphatic carbocycles. The van der Waals surface area contributed by atoms with Gasteiger partial charge in [-0.3, -0.25) is 9.59 Å². The van der Waals surface area contributed by atoms with Gasteiger partial charge in [0.05, 0.1) is 31.3 Å². The SMILES string of the molecule is COC(=O)CC(C)NC(=O)c1c(C)nn(Cc2ccccc2)c1Cl. The van der Waals surface area contributed by atoms with Crippen LogP contribution in [0.2, 0.25) is 5.15 Å². The van der Waals surface area contributed by atoms with Crippen LogP contribution in [0.1, 0.15) is 35.0 Å². The number of benzene rings is 1. The lowest BCUT2D eigenvalue weighted by Gasteiger charge is -2.12. The maximum atomic E-state index is 12.4. The number of aromatic nitrogens is 2. The summed E-state index contributed by atoms with van der Waals surface area (Å²) in [7, 11) is 1.31. The maximum Gasteiger partial charge on any atom is 0.307 e. The molecule has 7 heteroatoms. The normalized spacial score (nSPS) is 11.8. The molecule has 0 bridgehead atoms. The third kappa shape index (κ3) is 4.35. The lowest BCUT2D eigenvalue weighted by atomic mass is 10.2. The van der Waals surface area contributed by atoms with Crippen LogP contribution in [0, 0.1) is 6.92 Å². The largest absolute Gasteiger partial charge is 0.469 e. The smallest absolute Gasteiger partial charge is 0.307 e. The average molecular weight is 350 g/mol. The molecule has 6 nitrogen and oxygen atoms in total. The lowest BCUT2D eigenvalue weighted by Crippen LogP contribution is -2.34. The van der Waals surface area contributed by atoms with Gasteiger partial charge in [0, 0.05) is 6.04 Å². The predicted molar refractivity (Wildman–Crippen MR) is 91.1 cm³/mol. The van der Waals surface area contributed by atoms with Crippen molar-refractivity contribution in [1.29, 1.82) is 0 Å². The fourth-order valence-corrected chi connectivity index (χ4v) is 2.67. The molecule has 1 unspecified atom stereocenters. The molecule has 0 fully saturated rings. The van der Waals surface area contributed by atoms with Crippen LogP contribution >= 0.6 is 11.6 Å². The second kappa shape index (κ2) is 7.97. The van der Waals surface area contributed by atoms with Crippen LogP contribution in [0.25, 0.3) is 0 Å². The van der Waals surface area contributed by atoms with Crippen LogP contribution in [-0.2, 0) is 16.1 Å².